The summed E-state index contributed by atoms with van der Waals surface area (Å²) in [4.78, 5) is 0. The van der Waals surface area contributed by atoms with Crippen LogP contribution in [0.25, 0.3) is 0 Å². The van der Waals surface area contributed by atoms with Crippen molar-refractivity contribution < 1.29 is 14.2 Å². The molecule has 0 saturated heterocycles. The van der Waals surface area contributed by atoms with E-state index < -0.39 is 5.82 Å². The molecular weight excluding hydrogens is 221 g/mol. The highest BCUT2D eigenvalue weighted by atomic mass is 19.1. The van der Waals surface area contributed by atoms with Gasteiger partial charge in [0.05, 0.1) is 7.11 Å². The Balaban J connectivity index is 2.58. The lowest BCUT2D eigenvalue weighted by atomic mass is 9.64. The number of halogens is 1. The molecule has 1 aliphatic rings. The molecule has 4 heteroatoms. The van der Waals surface area contributed by atoms with E-state index in [0.717, 1.165) is 19.3 Å². The highest BCUT2D eigenvalue weighted by Gasteiger charge is 2.40. The van der Waals surface area contributed by atoms with E-state index in [1.165, 1.54) is 7.11 Å². The third-order valence-corrected chi connectivity index (χ3v) is 3.86. The van der Waals surface area contributed by atoms with E-state index in [0.29, 0.717) is 17.7 Å². The van der Waals surface area contributed by atoms with Gasteiger partial charge in [-0.2, -0.15) is 0 Å². The molecule has 17 heavy (non-hydrogen) atoms. The second kappa shape index (κ2) is 4.18. The van der Waals surface area contributed by atoms with Gasteiger partial charge in [0.2, 0.25) is 0 Å². The van der Waals surface area contributed by atoms with Gasteiger partial charge in [0.15, 0.2) is 17.3 Å². The summed E-state index contributed by atoms with van der Waals surface area (Å²) in [5.74, 6) is -0.666. The predicted octanol–water partition coefficient (Wildman–Crippen LogP) is 2.23. The van der Waals surface area contributed by atoms with E-state index in [4.69, 9.17) is 10.5 Å². The van der Waals surface area contributed by atoms with E-state index in [-0.39, 0.29) is 16.9 Å². The Bertz CT molecular complexity index is 436. The summed E-state index contributed by atoms with van der Waals surface area (Å²) in [6.07, 6.45) is 2.86. The molecule has 1 aliphatic carbocycles. The molecule has 3 N–H and O–H groups in total. The van der Waals surface area contributed by atoms with Gasteiger partial charge in [0.1, 0.15) is 0 Å². The van der Waals surface area contributed by atoms with E-state index in [9.17, 15) is 9.50 Å². The molecule has 0 unspecified atom stereocenters. The molecule has 0 atom stereocenters. The Morgan fingerprint density at radius 3 is 2.59 bits per heavy atom. The minimum absolute atomic E-state index is 0.0697. The number of methoxy groups -OCH3 is 1. The summed E-state index contributed by atoms with van der Waals surface area (Å²) < 4.78 is 19.2. The highest BCUT2D eigenvalue weighted by molar-refractivity contribution is 5.51. The highest BCUT2D eigenvalue weighted by Crippen LogP contribution is 2.47. The lowest BCUT2D eigenvalue weighted by Crippen LogP contribution is -2.42. The number of aryl methyl sites for hydroxylation is 1. The summed E-state index contributed by atoms with van der Waals surface area (Å²) in [5.41, 5.74) is 6.72. The molecule has 1 fully saturated rings. The fourth-order valence-electron chi connectivity index (χ4n) is 2.51. The van der Waals surface area contributed by atoms with Gasteiger partial charge in [0, 0.05) is 12.0 Å². The SMILES string of the molecule is COc1c(O)c(C)cc(C2(CN)CCC2)c1F. The van der Waals surface area contributed by atoms with Crippen molar-refractivity contribution in [3.8, 4) is 11.5 Å². The number of aromatic hydroxyl groups is 1. The topological polar surface area (TPSA) is 55.5 Å². The Morgan fingerprint density at radius 2 is 2.18 bits per heavy atom. The summed E-state index contributed by atoms with van der Waals surface area (Å²) >= 11 is 0. The van der Waals surface area contributed by atoms with Gasteiger partial charge in [-0.05, 0) is 37.0 Å². The van der Waals surface area contributed by atoms with Crippen molar-refractivity contribution >= 4 is 0 Å². The molecule has 0 aliphatic heterocycles. The van der Waals surface area contributed by atoms with Crippen molar-refractivity contribution in [1.82, 2.24) is 0 Å². The molecule has 94 valence electrons. The van der Waals surface area contributed by atoms with Crippen LogP contribution in [0.1, 0.15) is 30.4 Å². The molecule has 1 aromatic rings. The monoisotopic (exact) mass is 239 g/mol. The van der Waals surface area contributed by atoms with E-state index in [2.05, 4.69) is 0 Å². The molecule has 0 aromatic heterocycles. The van der Waals surface area contributed by atoms with Crippen molar-refractivity contribution in [3.63, 3.8) is 0 Å². The van der Waals surface area contributed by atoms with Crippen LogP contribution < -0.4 is 10.5 Å². The van der Waals surface area contributed by atoms with Crippen LogP contribution in [-0.2, 0) is 5.41 Å². The quantitative estimate of drug-likeness (QED) is 0.850. The van der Waals surface area contributed by atoms with Crippen molar-refractivity contribution in [2.24, 2.45) is 5.73 Å². The molecule has 0 heterocycles. The maximum absolute atomic E-state index is 14.3. The number of phenolic OH excluding ortho intramolecular Hbond substituents is 1. The maximum atomic E-state index is 14.3. The molecule has 3 nitrogen and oxygen atoms in total. The molecular formula is C13H18FNO2. The zero-order valence-corrected chi connectivity index (χ0v) is 10.2. The van der Waals surface area contributed by atoms with Gasteiger partial charge in [-0.25, -0.2) is 4.39 Å². The zero-order valence-electron chi connectivity index (χ0n) is 10.2. The Hall–Kier alpha value is -1.29. The second-order valence-corrected chi connectivity index (χ2v) is 4.77. The first-order valence-electron chi connectivity index (χ1n) is 5.82. The third-order valence-electron chi connectivity index (χ3n) is 3.86. The summed E-state index contributed by atoms with van der Waals surface area (Å²) in [5, 5.41) is 9.74. The van der Waals surface area contributed by atoms with E-state index in [1.807, 2.05) is 0 Å². The van der Waals surface area contributed by atoms with Crippen LogP contribution in [0.3, 0.4) is 0 Å². The van der Waals surface area contributed by atoms with Gasteiger partial charge in [-0.3, -0.25) is 0 Å². The van der Waals surface area contributed by atoms with Crippen LogP contribution in [-0.4, -0.2) is 18.8 Å². The van der Waals surface area contributed by atoms with Gasteiger partial charge in [-0.15, -0.1) is 0 Å². The van der Waals surface area contributed by atoms with Gasteiger partial charge >= 0.3 is 0 Å². The lowest BCUT2D eigenvalue weighted by Gasteiger charge is -2.42. The number of hydrogen-bond acceptors (Lipinski definition) is 3. The van der Waals surface area contributed by atoms with Crippen molar-refractivity contribution in [1.29, 1.82) is 0 Å². The number of hydrogen-bond donors (Lipinski definition) is 2. The largest absolute Gasteiger partial charge is 0.504 e. The fourth-order valence-corrected chi connectivity index (χ4v) is 2.51. The van der Waals surface area contributed by atoms with Crippen LogP contribution in [0.2, 0.25) is 0 Å². The first-order chi connectivity index (χ1) is 8.05. The Labute approximate surface area is 100 Å². The lowest BCUT2D eigenvalue weighted by molar-refractivity contribution is 0.240. The van der Waals surface area contributed by atoms with E-state index >= 15 is 0 Å². The molecule has 1 aromatic carbocycles. The average molecular weight is 239 g/mol. The molecule has 0 spiro atoms. The van der Waals surface area contributed by atoms with Crippen LogP contribution in [0.15, 0.2) is 6.07 Å². The van der Waals surface area contributed by atoms with Crippen molar-refractivity contribution in [2.45, 2.75) is 31.6 Å². The average Bonchev–Trinajstić information content (AvgIpc) is 2.25. The molecule has 0 bridgehead atoms. The number of rotatable bonds is 3. The maximum Gasteiger partial charge on any atom is 0.197 e. The van der Waals surface area contributed by atoms with Gasteiger partial charge < -0.3 is 15.6 Å². The number of phenols is 1. The van der Waals surface area contributed by atoms with Crippen LogP contribution >= 0.6 is 0 Å². The minimum Gasteiger partial charge on any atom is -0.504 e. The second-order valence-electron chi connectivity index (χ2n) is 4.77. The normalized spacial score (nSPS) is 17.6. The summed E-state index contributed by atoms with van der Waals surface area (Å²) in [7, 11) is 1.36. The minimum atomic E-state index is -0.472. The smallest absolute Gasteiger partial charge is 0.197 e. The first kappa shape index (κ1) is 12.2. The van der Waals surface area contributed by atoms with Gasteiger partial charge in [-0.1, -0.05) is 6.42 Å². The van der Waals surface area contributed by atoms with Crippen LogP contribution in [0.5, 0.6) is 11.5 Å². The van der Waals surface area contributed by atoms with E-state index in [1.54, 1.807) is 13.0 Å². The standard InChI is InChI=1S/C13H18FNO2/c1-8-6-9(13(7-15)4-3-5-13)10(14)12(17-2)11(8)16/h6,16H,3-5,7,15H2,1-2H3. The third kappa shape index (κ3) is 1.67. The van der Waals surface area contributed by atoms with Crippen LogP contribution in [0.4, 0.5) is 4.39 Å². The first-order valence-corrected chi connectivity index (χ1v) is 5.82. The molecule has 2 rings (SSSR count). The summed E-state index contributed by atoms with van der Waals surface area (Å²) in [6, 6.07) is 1.69. The number of nitrogens with two attached hydrogens (primary N) is 1. The number of ether oxygens (including phenoxy) is 1. The molecule has 0 radical (unpaired) electrons. The Kier molecular flexibility index (Phi) is 3.00. The summed E-state index contributed by atoms with van der Waals surface area (Å²) in [6.45, 7) is 2.17. The van der Waals surface area contributed by atoms with Crippen molar-refractivity contribution in [2.75, 3.05) is 13.7 Å². The number of benzene rings is 1. The van der Waals surface area contributed by atoms with Crippen molar-refractivity contribution in [3.05, 3.63) is 23.0 Å². The fraction of sp³-hybridized carbons (Fsp3) is 0.538. The van der Waals surface area contributed by atoms with Gasteiger partial charge in [0.25, 0.3) is 0 Å². The Morgan fingerprint density at radius 1 is 1.53 bits per heavy atom. The molecule has 1 saturated carbocycles. The predicted molar refractivity (Wildman–Crippen MR) is 63.9 cm³/mol. The molecule has 0 amide bonds. The van der Waals surface area contributed by atoms with Crippen LogP contribution in [0, 0.1) is 12.7 Å². The zero-order chi connectivity index (χ0) is 12.6.